The van der Waals surface area contributed by atoms with Crippen LogP contribution >= 0.6 is 0 Å². The standard InChI is InChI=1S/C15H12FNO2/c1-17(16)15(19)13-9-7-12(8-10-13)14(18)11-5-3-2-4-6-11/h2-10H,1H3. The highest BCUT2D eigenvalue weighted by atomic mass is 19.2. The summed E-state index contributed by atoms with van der Waals surface area (Å²) >= 11 is 0. The largest absolute Gasteiger partial charge is 0.289 e. The Morgan fingerprint density at radius 2 is 1.32 bits per heavy atom. The fourth-order valence-corrected chi connectivity index (χ4v) is 1.70. The van der Waals surface area contributed by atoms with Gasteiger partial charge in [-0.3, -0.25) is 9.59 Å². The van der Waals surface area contributed by atoms with Crippen LogP contribution in [0.1, 0.15) is 26.3 Å². The third-order valence-electron chi connectivity index (χ3n) is 2.71. The van der Waals surface area contributed by atoms with Gasteiger partial charge in [0.25, 0.3) is 5.91 Å². The summed E-state index contributed by atoms with van der Waals surface area (Å²) in [5.41, 5.74) is 1.24. The van der Waals surface area contributed by atoms with Gasteiger partial charge in [-0.1, -0.05) is 46.9 Å². The minimum Gasteiger partial charge on any atom is -0.289 e. The van der Waals surface area contributed by atoms with Gasteiger partial charge in [-0.15, -0.1) is 0 Å². The molecule has 1 amide bonds. The molecule has 2 aromatic carbocycles. The van der Waals surface area contributed by atoms with E-state index in [4.69, 9.17) is 0 Å². The van der Waals surface area contributed by atoms with Crippen LogP contribution in [0.2, 0.25) is 0 Å². The van der Waals surface area contributed by atoms with E-state index in [9.17, 15) is 14.1 Å². The van der Waals surface area contributed by atoms with Crippen LogP contribution in [0.5, 0.6) is 0 Å². The molecule has 0 atom stereocenters. The maximum absolute atomic E-state index is 12.7. The van der Waals surface area contributed by atoms with Gasteiger partial charge in [-0.25, -0.2) is 0 Å². The van der Waals surface area contributed by atoms with E-state index in [0.29, 0.717) is 11.1 Å². The van der Waals surface area contributed by atoms with E-state index in [2.05, 4.69) is 0 Å². The first-order chi connectivity index (χ1) is 9.09. The molecule has 19 heavy (non-hydrogen) atoms. The predicted molar refractivity (Wildman–Crippen MR) is 69.5 cm³/mol. The Bertz CT molecular complexity index is 591. The van der Waals surface area contributed by atoms with Crippen molar-refractivity contribution in [3.63, 3.8) is 0 Å². The number of hydrogen-bond acceptors (Lipinski definition) is 2. The second-order valence-electron chi connectivity index (χ2n) is 4.05. The van der Waals surface area contributed by atoms with Gasteiger partial charge in [-0.2, -0.15) is 5.12 Å². The Hall–Kier alpha value is -2.49. The number of benzene rings is 2. The van der Waals surface area contributed by atoms with Crippen molar-refractivity contribution >= 4 is 11.7 Å². The fraction of sp³-hybridized carbons (Fsp3) is 0.0667. The summed E-state index contributed by atoms with van der Waals surface area (Å²) in [6.07, 6.45) is 0. The molecule has 0 aliphatic carbocycles. The molecule has 4 heteroatoms. The summed E-state index contributed by atoms with van der Waals surface area (Å²) in [4.78, 5) is 23.5. The number of rotatable bonds is 3. The Morgan fingerprint density at radius 1 is 0.842 bits per heavy atom. The van der Waals surface area contributed by atoms with Crippen molar-refractivity contribution < 1.29 is 14.1 Å². The van der Waals surface area contributed by atoms with Crippen molar-refractivity contribution in [2.45, 2.75) is 0 Å². The van der Waals surface area contributed by atoms with Crippen LogP contribution in [0.4, 0.5) is 4.48 Å². The zero-order valence-corrected chi connectivity index (χ0v) is 10.3. The quantitative estimate of drug-likeness (QED) is 0.626. The van der Waals surface area contributed by atoms with Gasteiger partial charge in [0.1, 0.15) is 0 Å². The summed E-state index contributed by atoms with van der Waals surface area (Å²) in [5, 5.41) is 0.00796. The first-order valence-corrected chi connectivity index (χ1v) is 5.73. The SMILES string of the molecule is CN(F)C(=O)c1ccc(C(=O)c2ccccc2)cc1. The normalized spacial score (nSPS) is 10.0. The summed E-state index contributed by atoms with van der Waals surface area (Å²) in [6, 6.07) is 14.7. The first kappa shape index (κ1) is 13.0. The van der Waals surface area contributed by atoms with E-state index >= 15 is 0 Å². The third kappa shape index (κ3) is 2.85. The maximum atomic E-state index is 12.7. The fourth-order valence-electron chi connectivity index (χ4n) is 1.70. The molecular weight excluding hydrogens is 245 g/mol. The Labute approximate surface area is 110 Å². The highest BCUT2D eigenvalue weighted by Gasteiger charge is 2.13. The molecule has 0 radical (unpaired) electrons. The second-order valence-corrected chi connectivity index (χ2v) is 4.05. The third-order valence-corrected chi connectivity index (χ3v) is 2.71. The molecule has 0 unspecified atom stereocenters. The molecule has 0 bridgehead atoms. The van der Waals surface area contributed by atoms with Crippen molar-refractivity contribution in [2.75, 3.05) is 7.05 Å². The molecule has 0 spiro atoms. The number of nitrogens with zero attached hydrogens (tertiary/aromatic N) is 1. The lowest BCUT2D eigenvalue weighted by atomic mass is 10.0. The molecule has 0 fully saturated rings. The van der Waals surface area contributed by atoms with Gasteiger partial charge in [0.05, 0.1) is 0 Å². The van der Waals surface area contributed by atoms with Gasteiger partial charge in [0, 0.05) is 23.7 Å². The van der Waals surface area contributed by atoms with Crippen LogP contribution in [-0.4, -0.2) is 23.9 Å². The van der Waals surface area contributed by atoms with Crippen molar-refractivity contribution in [2.24, 2.45) is 0 Å². The van der Waals surface area contributed by atoms with E-state index < -0.39 is 5.91 Å². The average molecular weight is 257 g/mol. The smallest absolute Gasteiger partial charge is 0.281 e. The van der Waals surface area contributed by atoms with Crippen LogP contribution in [0.15, 0.2) is 54.6 Å². The summed E-state index contributed by atoms with van der Waals surface area (Å²) < 4.78 is 12.7. The summed E-state index contributed by atoms with van der Waals surface area (Å²) in [5.74, 6) is -0.869. The van der Waals surface area contributed by atoms with Gasteiger partial charge in [0.15, 0.2) is 5.78 Å². The van der Waals surface area contributed by atoms with Gasteiger partial charge in [-0.05, 0) is 12.1 Å². The molecule has 0 heterocycles. The number of ketones is 1. The van der Waals surface area contributed by atoms with Crippen LogP contribution in [0.25, 0.3) is 0 Å². The van der Waals surface area contributed by atoms with Crippen LogP contribution in [0.3, 0.4) is 0 Å². The molecular formula is C15H12FNO2. The topological polar surface area (TPSA) is 37.4 Å². The zero-order chi connectivity index (χ0) is 13.8. The van der Waals surface area contributed by atoms with E-state index in [1.54, 1.807) is 24.3 Å². The molecule has 0 N–H and O–H groups in total. The number of hydrogen-bond donors (Lipinski definition) is 0. The van der Waals surface area contributed by atoms with E-state index in [1.165, 1.54) is 24.3 Å². The minimum atomic E-state index is -0.737. The lowest BCUT2D eigenvalue weighted by Crippen LogP contribution is -2.17. The maximum Gasteiger partial charge on any atom is 0.281 e. The van der Waals surface area contributed by atoms with Crippen LogP contribution in [-0.2, 0) is 0 Å². The predicted octanol–water partition coefficient (Wildman–Crippen LogP) is 2.87. The van der Waals surface area contributed by atoms with Gasteiger partial charge in [0.2, 0.25) is 0 Å². The Balaban J connectivity index is 2.24. The van der Waals surface area contributed by atoms with Crippen molar-refractivity contribution in [3.05, 3.63) is 71.3 Å². The number of amides is 1. The molecule has 0 aromatic heterocycles. The van der Waals surface area contributed by atoms with Gasteiger partial charge >= 0.3 is 0 Å². The molecule has 0 aliphatic rings. The van der Waals surface area contributed by atoms with Crippen LogP contribution in [0, 0.1) is 0 Å². The molecule has 0 aliphatic heterocycles. The number of carbonyl (C=O) groups excluding carboxylic acids is 2. The van der Waals surface area contributed by atoms with Gasteiger partial charge < -0.3 is 0 Å². The highest BCUT2D eigenvalue weighted by molar-refractivity contribution is 6.09. The zero-order valence-electron chi connectivity index (χ0n) is 10.3. The second kappa shape index (κ2) is 5.44. The van der Waals surface area contributed by atoms with Crippen molar-refractivity contribution in [3.8, 4) is 0 Å². The molecule has 2 rings (SSSR count). The van der Waals surface area contributed by atoms with Crippen molar-refractivity contribution in [1.29, 1.82) is 0 Å². The molecule has 2 aromatic rings. The number of carbonyl (C=O) groups is 2. The van der Waals surface area contributed by atoms with Crippen LogP contribution < -0.4 is 0 Å². The highest BCUT2D eigenvalue weighted by Crippen LogP contribution is 2.12. The number of halogens is 1. The molecule has 3 nitrogen and oxygen atoms in total. The molecule has 0 saturated carbocycles. The van der Waals surface area contributed by atoms with E-state index in [0.717, 1.165) is 7.05 Å². The van der Waals surface area contributed by atoms with E-state index in [-0.39, 0.29) is 16.5 Å². The lowest BCUT2D eigenvalue weighted by molar-refractivity contribution is 0.0343. The Morgan fingerprint density at radius 3 is 1.84 bits per heavy atom. The Kier molecular flexibility index (Phi) is 3.71. The average Bonchev–Trinajstić information content (AvgIpc) is 2.46. The molecule has 0 saturated heterocycles. The lowest BCUT2D eigenvalue weighted by Gasteiger charge is -2.06. The monoisotopic (exact) mass is 257 g/mol. The minimum absolute atomic E-state index is 0.00796. The summed E-state index contributed by atoms with van der Waals surface area (Å²) in [7, 11) is 1.03. The first-order valence-electron chi connectivity index (χ1n) is 5.73. The van der Waals surface area contributed by atoms with Crippen molar-refractivity contribution in [1.82, 2.24) is 5.12 Å². The summed E-state index contributed by atoms with van der Waals surface area (Å²) in [6.45, 7) is 0. The molecule has 96 valence electrons. The van der Waals surface area contributed by atoms with E-state index in [1.807, 2.05) is 6.07 Å².